The quantitative estimate of drug-likeness (QED) is 0.776. The van der Waals surface area contributed by atoms with Crippen LogP contribution in [0.1, 0.15) is 11.6 Å². The Labute approximate surface area is 152 Å². The molecule has 0 radical (unpaired) electrons. The molecule has 4 rings (SSSR count). The summed E-state index contributed by atoms with van der Waals surface area (Å²) in [5.41, 5.74) is 0.755. The van der Waals surface area contributed by atoms with Crippen molar-refractivity contribution in [2.45, 2.75) is 12.1 Å². The van der Waals surface area contributed by atoms with Crippen LogP contribution in [0.2, 0.25) is 0 Å². The normalized spacial score (nSPS) is 31.6. The molecule has 6 heteroatoms. The second-order valence-corrected chi connectivity index (χ2v) is 6.56. The Morgan fingerprint density at radius 3 is 2.58 bits per heavy atom. The Morgan fingerprint density at radius 2 is 1.92 bits per heavy atom. The number of nitrogens with zero attached hydrogens (tertiary/aromatic N) is 1. The molecule has 0 amide bonds. The average Bonchev–Trinajstić information content (AvgIpc) is 3.15. The summed E-state index contributed by atoms with van der Waals surface area (Å²) in [5, 5.41) is 0. The van der Waals surface area contributed by atoms with Crippen molar-refractivity contribution in [2.75, 3.05) is 27.9 Å². The monoisotopic (exact) mass is 355 g/mol. The second-order valence-electron chi connectivity index (χ2n) is 6.56. The van der Waals surface area contributed by atoms with E-state index in [1.165, 1.54) is 7.11 Å². The lowest BCUT2D eigenvalue weighted by Gasteiger charge is -2.30. The lowest BCUT2D eigenvalue weighted by molar-refractivity contribution is -0.151. The average molecular weight is 355 g/mol. The molecule has 0 saturated carbocycles. The molecule has 0 aromatic heterocycles. The number of hydrogen-bond donors (Lipinski definition) is 0. The van der Waals surface area contributed by atoms with Crippen molar-refractivity contribution in [3.8, 4) is 5.75 Å². The summed E-state index contributed by atoms with van der Waals surface area (Å²) in [7, 11) is 4.63. The van der Waals surface area contributed by atoms with Gasteiger partial charge in [0.1, 0.15) is 23.0 Å². The van der Waals surface area contributed by atoms with Gasteiger partial charge in [-0.05, 0) is 35.9 Å². The standard InChI is InChI=1S/C20H21NO5/c1-23-13-6-4-12(5-7-13)18-15-11-26-17-10-14(24-2)8-9-16(21-18)20(15,17)19(22)25-3/h4-10,15,17-18H,11H2,1-3H3/t15-,17+,18+,20+/m1/s1. The van der Waals surface area contributed by atoms with Gasteiger partial charge >= 0.3 is 5.97 Å². The Hall–Kier alpha value is -2.60. The Bertz CT molecular complexity index is 810. The molecule has 0 N–H and O–H groups in total. The van der Waals surface area contributed by atoms with Crippen LogP contribution in [0.4, 0.5) is 0 Å². The van der Waals surface area contributed by atoms with Crippen LogP contribution in [0.15, 0.2) is 53.2 Å². The molecular weight excluding hydrogens is 334 g/mol. The van der Waals surface area contributed by atoms with E-state index in [-0.39, 0.29) is 17.9 Å². The molecular formula is C20H21NO5. The highest BCUT2D eigenvalue weighted by molar-refractivity contribution is 6.15. The predicted molar refractivity (Wildman–Crippen MR) is 95.1 cm³/mol. The maximum absolute atomic E-state index is 12.9. The number of esters is 1. The summed E-state index contributed by atoms with van der Waals surface area (Å²) >= 11 is 0. The van der Waals surface area contributed by atoms with Crippen LogP contribution in [0.25, 0.3) is 0 Å². The minimum Gasteiger partial charge on any atom is -0.497 e. The molecule has 136 valence electrons. The number of carbonyl (C=O) groups excluding carboxylic acids is 1. The van der Waals surface area contributed by atoms with Crippen LogP contribution in [0, 0.1) is 11.3 Å². The van der Waals surface area contributed by atoms with Gasteiger partial charge in [0.05, 0.1) is 39.7 Å². The molecule has 3 aliphatic rings. The zero-order chi connectivity index (χ0) is 18.3. The molecule has 4 atom stereocenters. The number of hydrogen-bond acceptors (Lipinski definition) is 6. The van der Waals surface area contributed by atoms with E-state index in [0.717, 1.165) is 11.3 Å². The minimum absolute atomic E-state index is 0.138. The lowest BCUT2D eigenvalue weighted by atomic mass is 9.69. The number of allylic oxidation sites excluding steroid dienone is 2. The van der Waals surface area contributed by atoms with Crippen LogP contribution in [0.5, 0.6) is 5.75 Å². The number of aliphatic imine (C=N–C) groups is 1. The van der Waals surface area contributed by atoms with E-state index >= 15 is 0 Å². The Morgan fingerprint density at radius 1 is 1.15 bits per heavy atom. The topological polar surface area (TPSA) is 66.4 Å². The van der Waals surface area contributed by atoms with E-state index in [4.69, 9.17) is 23.9 Å². The summed E-state index contributed by atoms with van der Waals surface area (Å²) < 4.78 is 21.8. The van der Waals surface area contributed by atoms with Gasteiger partial charge in [-0.2, -0.15) is 0 Å². The number of carbonyl (C=O) groups is 1. The van der Waals surface area contributed by atoms with Gasteiger partial charge in [0.15, 0.2) is 0 Å². The van der Waals surface area contributed by atoms with E-state index in [0.29, 0.717) is 18.1 Å². The third-order valence-electron chi connectivity index (χ3n) is 5.51. The van der Waals surface area contributed by atoms with E-state index in [1.807, 2.05) is 42.5 Å². The molecule has 6 nitrogen and oxygen atoms in total. The smallest absolute Gasteiger partial charge is 0.321 e. The molecule has 2 heterocycles. The van der Waals surface area contributed by atoms with Gasteiger partial charge in [0, 0.05) is 5.92 Å². The fraction of sp³-hybridized carbons (Fsp3) is 0.400. The Balaban J connectivity index is 1.82. The van der Waals surface area contributed by atoms with Crippen LogP contribution < -0.4 is 4.74 Å². The van der Waals surface area contributed by atoms with Crippen LogP contribution >= 0.6 is 0 Å². The summed E-state index contributed by atoms with van der Waals surface area (Å²) in [6, 6.07) is 7.59. The number of ether oxygens (including phenoxy) is 4. The molecule has 2 aliphatic heterocycles. The molecule has 1 aromatic carbocycles. The number of benzene rings is 1. The van der Waals surface area contributed by atoms with Crippen LogP contribution in [0.3, 0.4) is 0 Å². The summed E-state index contributed by atoms with van der Waals surface area (Å²) in [6.45, 7) is 0.421. The second kappa shape index (κ2) is 6.29. The molecule has 1 aromatic rings. The maximum Gasteiger partial charge on any atom is 0.321 e. The largest absolute Gasteiger partial charge is 0.497 e. The van der Waals surface area contributed by atoms with E-state index in [2.05, 4.69) is 0 Å². The first-order valence-corrected chi connectivity index (χ1v) is 8.51. The van der Waals surface area contributed by atoms with Crippen molar-refractivity contribution in [2.24, 2.45) is 16.3 Å². The minimum atomic E-state index is -0.948. The van der Waals surface area contributed by atoms with Gasteiger partial charge in [-0.1, -0.05) is 12.1 Å². The van der Waals surface area contributed by atoms with Gasteiger partial charge in [0.25, 0.3) is 0 Å². The first-order chi connectivity index (χ1) is 12.6. The van der Waals surface area contributed by atoms with Gasteiger partial charge in [0.2, 0.25) is 0 Å². The van der Waals surface area contributed by atoms with Gasteiger partial charge in [-0.15, -0.1) is 0 Å². The lowest BCUT2D eigenvalue weighted by Crippen LogP contribution is -2.47. The highest BCUT2D eigenvalue weighted by atomic mass is 16.5. The van der Waals surface area contributed by atoms with E-state index in [1.54, 1.807) is 14.2 Å². The van der Waals surface area contributed by atoms with Crippen LogP contribution in [-0.2, 0) is 19.0 Å². The van der Waals surface area contributed by atoms with E-state index < -0.39 is 11.5 Å². The fourth-order valence-corrected chi connectivity index (χ4v) is 4.22. The summed E-state index contributed by atoms with van der Waals surface area (Å²) in [4.78, 5) is 17.9. The summed E-state index contributed by atoms with van der Waals surface area (Å²) in [5.74, 6) is 0.972. The van der Waals surface area contributed by atoms with Crippen molar-refractivity contribution in [3.05, 3.63) is 53.8 Å². The predicted octanol–water partition coefficient (Wildman–Crippen LogP) is 2.47. The molecule has 1 fully saturated rings. The maximum atomic E-state index is 12.9. The zero-order valence-corrected chi connectivity index (χ0v) is 15.0. The van der Waals surface area contributed by atoms with Crippen molar-refractivity contribution >= 4 is 11.7 Å². The van der Waals surface area contributed by atoms with Crippen LogP contribution in [-0.4, -0.2) is 45.7 Å². The first kappa shape index (κ1) is 16.8. The van der Waals surface area contributed by atoms with Gasteiger partial charge in [-0.25, -0.2) is 0 Å². The molecule has 26 heavy (non-hydrogen) atoms. The van der Waals surface area contributed by atoms with Crippen molar-refractivity contribution in [3.63, 3.8) is 0 Å². The molecule has 1 aliphatic carbocycles. The molecule has 0 spiro atoms. The Kier molecular flexibility index (Phi) is 4.07. The zero-order valence-electron chi connectivity index (χ0n) is 15.0. The SMILES string of the molecule is COC(=O)[C@]12C3=N[C@@H](c4ccc(OC)cc4)[C@H]1CO[C@H]2C=C(OC)C=C3. The van der Waals surface area contributed by atoms with E-state index in [9.17, 15) is 4.79 Å². The summed E-state index contributed by atoms with van der Waals surface area (Å²) in [6.07, 6.45) is 5.04. The molecule has 0 unspecified atom stereocenters. The highest BCUT2D eigenvalue weighted by Gasteiger charge is 2.66. The first-order valence-electron chi connectivity index (χ1n) is 8.51. The molecule has 0 bridgehead atoms. The van der Waals surface area contributed by atoms with Crippen molar-refractivity contribution in [1.82, 2.24) is 0 Å². The van der Waals surface area contributed by atoms with Gasteiger partial charge < -0.3 is 18.9 Å². The third kappa shape index (κ3) is 2.22. The third-order valence-corrected chi connectivity index (χ3v) is 5.51. The van der Waals surface area contributed by atoms with Crippen molar-refractivity contribution in [1.29, 1.82) is 0 Å². The molecule has 1 saturated heterocycles. The van der Waals surface area contributed by atoms with Crippen molar-refractivity contribution < 1.29 is 23.7 Å². The number of methoxy groups -OCH3 is 3. The fourth-order valence-electron chi connectivity index (χ4n) is 4.22. The van der Waals surface area contributed by atoms with Gasteiger partial charge in [-0.3, -0.25) is 9.79 Å². The highest BCUT2D eigenvalue weighted by Crippen LogP contribution is 2.55. The number of rotatable bonds is 4.